The molecule has 0 radical (unpaired) electrons. The van der Waals surface area contributed by atoms with E-state index in [2.05, 4.69) is 31.9 Å². The number of carbonyl (C=O) groups is 1. The van der Waals surface area contributed by atoms with E-state index in [4.69, 9.17) is 61.2 Å². The number of nitrogens with one attached hydrogen (secondary N) is 3. The van der Waals surface area contributed by atoms with E-state index in [1.807, 2.05) is 12.1 Å². The van der Waals surface area contributed by atoms with Crippen LogP contribution in [0.3, 0.4) is 0 Å². The number of hydrogen-bond acceptors (Lipinski definition) is 5. The summed E-state index contributed by atoms with van der Waals surface area (Å²) in [4.78, 5) is 12.9. The van der Waals surface area contributed by atoms with Crippen molar-refractivity contribution in [1.29, 1.82) is 0 Å². The molecule has 0 spiro atoms. The van der Waals surface area contributed by atoms with Crippen molar-refractivity contribution in [2.45, 2.75) is 9.96 Å². The SMILES string of the molecule is COc1cc(C(=O)N[C@@H](NC(=S)Nc2ccc(Br)cc2)C(Cl)(Cl)Cl)cc(OC)c1OC. The van der Waals surface area contributed by atoms with E-state index < -0.39 is 15.9 Å². The molecule has 0 unspecified atom stereocenters. The first kappa shape index (κ1) is 25.6. The lowest BCUT2D eigenvalue weighted by Gasteiger charge is -2.28. The van der Waals surface area contributed by atoms with E-state index in [1.54, 1.807) is 12.1 Å². The van der Waals surface area contributed by atoms with Gasteiger partial charge in [0.25, 0.3) is 5.91 Å². The van der Waals surface area contributed by atoms with Gasteiger partial charge in [-0.15, -0.1) is 0 Å². The number of halogens is 4. The molecule has 2 rings (SSSR count). The Bertz CT molecular complexity index is 917. The number of anilines is 1. The Kier molecular flexibility index (Phi) is 9.32. The summed E-state index contributed by atoms with van der Waals surface area (Å²) in [6.45, 7) is 0. The van der Waals surface area contributed by atoms with Gasteiger partial charge in [0.05, 0.1) is 21.3 Å². The Morgan fingerprint density at radius 3 is 2.00 bits per heavy atom. The number of rotatable bonds is 7. The summed E-state index contributed by atoms with van der Waals surface area (Å²) < 4.78 is 14.8. The van der Waals surface area contributed by atoms with Crippen LogP contribution in [-0.2, 0) is 0 Å². The molecule has 0 aliphatic rings. The lowest BCUT2D eigenvalue weighted by molar-refractivity contribution is 0.0933. The maximum atomic E-state index is 12.9. The highest BCUT2D eigenvalue weighted by molar-refractivity contribution is 9.10. The van der Waals surface area contributed by atoms with Crippen LogP contribution in [0, 0.1) is 0 Å². The number of benzene rings is 2. The van der Waals surface area contributed by atoms with Crippen molar-refractivity contribution in [2.24, 2.45) is 0 Å². The predicted molar refractivity (Wildman–Crippen MR) is 131 cm³/mol. The average molecular weight is 572 g/mol. The van der Waals surface area contributed by atoms with Crippen molar-refractivity contribution >= 4 is 79.7 Å². The van der Waals surface area contributed by atoms with Gasteiger partial charge in [-0.3, -0.25) is 4.79 Å². The van der Waals surface area contributed by atoms with Crippen LogP contribution in [-0.4, -0.2) is 42.3 Å². The van der Waals surface area contributed by atoms with Crippen molar-refractivity contribution in [3.63, 3.8) is 0 Å². The third-order valence-corrected chi connectivity index (χ3v) is 5.31. The van der Waals surface area contributed by atoms with E-state index in [9.17, 15) is 4.79 Å². The van der Waals surface area contributed by atoms with E-state index in [-0.39, 0.29) is 10.7 Å². The molecule has 0 bridgehead atoms. The summed E-state index contributed by atoms with van der Waals surface area (Å²) in [7, 11) is 4.34. The van der Waals surface area contributed by atoms with Gasteiger partial charge < -0.3 is 30.2 Å². The smallest absolute Gasteiger partial charge is 0.253 e. The molecule has 12 heteroatoms. The molecule has 0 aromatic heterocycles. The van der Waals surface area contributed by atoms with Crippen molar-refractivity contribution in [1.82, 2.24) is 10.6 Å². The lowest BCUT2D eigenvalue weighted by atomic mass is 10.1. The fraction of sp³-hybridized carbons (Fsp3) is 0.263. The molecule has 0 aliphatic heterocycles. The largest absolute Gasteiger partial charge is 0.493 e. The van der Waals surface area contributed by atoms with Gasteiger partial charge in [-0.1, -0.05) is 50.7 Å². The Morgan fingerprint density at radius 2 is 1.55 bits per heavy atom. The van der Waals surface area contributed by atoms with Crippen LogP contribution < -0.4 is 30.2 Å². The molecule has 7 nitrogen and oxygen atoms in total. The Labute approximate surface area is 208 Å². The molecule has 2 aromatic rings. The fourth-order valence-corrected chi connectivity index (χ4v) is 3.29. The zero-order chi connectivity index (χ0) is 23.2. The number of carbonyl (C=O) groups excluding carboxylic acids is 1. The number of amides is 1. The Hall–Kier alpha value is -1.65. The highest BCUT2D eigenvalue weighted by atomic mass is 79.9. The average Bonchev–Trinajstić information content (AvgIpc) is 2.72. The number of ether oxygens (including phenoxy) is 3. The zero-order valence-electron chi connectivity index (χ0n) is 16.6. The highest BCUT2D eigenvalue weighted by Gasteiger charge is 2.35. The Morgan fingerprint density at radius 1 is 1.00 bits per heavy atom. The van der Waals surface area contributed by atoms with Crippen LogP contribution in [0.5, 0.6) is 17.2 Å². The van der Waals surface area contributed by atoms with Crippen molar-refractivity contribution in [3.8, 4) is 17.2 Å². The summed E-state index contributed by atoms with van der Waals surface area (Å²) in [5.41, 5.74) is 0.905. The number of hydrogen-bond donors (Lipinski definition) is 3. The molecule has 31 heavy (non-hydrogen) atoms. The minimum absolute atomic E-state index is 0.142. The number of alkyl halides is 3. The van der Waals surface area contributed by atoms with Gasteiger partial charge in [-0.25, -0.2) is 0 Å². The summed E-state index contributed by atoms with van der Waals surface area (Å²) in [6.07, 6.45) is -1.15. The first-order valence-corrected chi connectivity index (χ1v) is 10.9. The summed E-state index contributed by atoms with van der Waals surface area (Å²) in [5, 5.41) is 8.49. The Balaban J connectivity index is 2.19. The molecular weight excluding hydrogens is 553 g/mol. The van der Waals surface area contributed by atoms with Crippen molar-refractivity contribution in [3.05, 3.63) is 46.4 Å². The van der Waals surface area contributed by atoms with Gasteiger partial charge in [0.2, 0.25) is 9.54 Å². The van der Waals surface area contributed by atoms with E-state index in [1.165, 1.54) is 33.5 Å². The molecule has 0 saturated carbocycles. The maximum absolute atomic E-state index is 12.9. The van der Waals surface area contributed by atoms with Gasteiger partial charge in [-0.05, 0) is 48.6 Å². The number of thiocarbonyl (C=S) groups is 1. The third kappa shape index (κ3) is 7.18. The summed E-state index contributed by atoms with van der Waals surface area (Å²) in [6, 6.07) is 10.2. The van der Waals surface area contributed by atoms with Crippen LogP contribution in [0.15, 0.2) is 40.9 Å². The van der Waals surface area contributed by atoms with Crippen LogP contribution in [0.25, 0.3) is 0 Å². The van der Waals surface area contributed by atoms with Crippen molar-refractivity contribution < 1.29 is 19.0 Å². The first-order valence-electron chi connectivity index (χ1n) is 8.59. The number of methoxy groups -OCH3 is 3. The van der Waals surface area contributed by atoms with E-state index in [0.29, 0.717) is 22.9 Å². The molecule has 0 fully saturated rings. The monoisotopic (exact) mass is 569 g/mol. The van der Waals surface area contributed by atoms with E-state index >= 15 is 0 Å². The molecule has 0 aliphatic carbocycles. The maximum Gasteiger partial charge on any atom is 0.253 e. The molecule has 0 heterocycles. The molecule has 0 saturated heterocycles. The summed E-state index contributed by atoms with van der Waals surface area (Å²) >= 11 is 26.8. The van der Waals surface area contributed by atoms with E-state index in [0.717, 1.165) is 4.47 Å². The fourth-order valence-electron chi connectivity index (χ4n) is 2.46. The second kappa shape index (κ2) is 11.3. The lowest BCUT2D eigenvalue weighted by Crippen LogP contribution is -2.56. The van der Waals surface area contributed by atoms with Gasteiger partial charge in [0.15, 0.2) is 16.6 Å². The molecule has 3 N–H and O–H groups in total. The molecule has 2 aromatic carbocycles. The quantitative estimate of drug-likeness (QED) is 0.248. The van der Waals surface area contributed by atoms with Gasteiger partial charge in [-0.2, -0.15) is 0 Å². The second-order valence-corrected chi connectivity index (χ2v) is 9.66. The molecule has 1 atom stereocenters. The standard InChI is InChI=1S/C19H19BrCl3N3O4S/c1-28-13-8-10(9-14(29-2)15(13)30-3)16(27)25-17(19(21,22)23)26-18(31)24-12-6-4-11(20)5-7-12/h4-9,17H,1-3H3,(H,25,27)(H2,24,26,31)/t17-/m0/s1. The molecule has 168 valence electrons. The van der Waals surface area contributed by atoms with Gasteiger partial charge in [0.1, 0.15) is 6.17 Å². The third-order valence-electron chi connectivity index (χ3n) is 3.91. The minimum Gasteiger partial charge on any atom is -0.493 e. The van der Waals surface area contributed by atoms with Crippen LogP contribution in [0.2, 0.25) is 0 Å². The van der Waals surface area contributed by atoms with Crippen molar-refractivity contribution in [2.75, 3.05) is 26.6 Å². The first-order chi connectivity index (χ1) is 14.6. The topological polar surface area (TPSA) is 80.9 Å². The highest BCUT2D eigenvalue weighted by Crippen LogP contribution is 2.38. The van der Waals surface area contributed by atoms with Gasteiger partial charge in [0, 0.05) is 15.7 Å². The normalized spacial score (nSPS) is 11.8. The van der Waals surface area contributed by atoms with Crippen LogP contribution >= 0.6 is 63.0 Å². The van der Waals surface area contributed by atoms with Crippen LogP contribution in [0.4, 0.5) is 5.69 Å². The molecular formula is C19H19BrCl3N3O4S. The summed E-state index contributed by atoms with van der Waals surface area (Å²) in [5.74, 6) is 0.391. The zero-order valence-corrected chi connectivity index (χ0v) is 21.3. The predicted octanol–water partition coefficient (Wildman–Crippen LogP) is 4.89. The minimum atomic E-state index is -1.91. The van der Waals surface area contributed by atoms with Crippen LogP contribution in [0.1, 0.15) is 10.4 Å². The second-order valence-electron chi connectivity index (χ2n) is 5.97. The molecule has 1 amide bonds. The van der Waals surface area contributed by atoms with Gasteiger partial charge >= 0.3 is 0 Å².